The Bertz CT molecular complexity index is 1540. The number of hydrogen-bond acceptors (Lipinski definition) is 7. The Hall–Kier alpha value is -4.73. The van der Waals surface area contributed by atoms with Crippen LogP contribution in [0.3, 0.4) is 0 Å². The molecule has 4 aromatic rings. The van der Waals surface area contributed by atoms with Gasteiger partial charge in [0.1, 0.15) is 11.5 Å². The third-order valence-corrected chi connectivity index (χ3v) is 5.55. The number of ether oxygens (including phenoxy) is 1. The van der Waals surface area contributed by atoms with E-state index in [9.17, 15) is 14.4 Å². The van der Waals surface area contributed by atoms with Crippen LogP contribution in [0.25, 0.3) is 0 Å². The van der Waals surface area contributed by atoms with Crippen molar-refractivity contribution in [3.63, 3.8) is 0 Å². The molecule has 0 atom stereocenters. The topological polar surface area (TPSA) is 128 Å². The van der Waals surface area contributed by atoms with E-state index in [0.29, 0.717) is 11.4 Å². The first-order valence-electron chi connectivity index (χ1n) is 11.3. The van der Waals surface area contributed by atoms with Crippen molar-refractivity contribution in [3.05, 3.63) is 104 Å². The summed E-state index contributed by atoms with van der Waals surface area (Å²) < 4.78 is 8.32. The molecule has 4 rings (SSSR count). The fourth-order valence-electron chi connectivity index (χ4n) is 3.60. The lowest BCUT2D eigenvalue weighted by Gasteiger charge is -2.16. The van der Waals surface area contributed by atoms with Gasteiger partial charge in [0, 0.05) is 18.4 Å². The second kappa shape index (κ2) is 10.3. The lowest BCUT2D eigenvalue weighted by atomic mass is 10.1. The standard InChI is InChI=1S/C26H25N5O5/c1-4-30-25(34)29-24(31(26(30)35)15-18-7-5-16(2)6-8-18)28-20-9-10-22(17(3)11-20)36-21-12-19(23(32)33)13-27-14-21/h5-14H,4,15H2,1-3H3,(H,32,33)(H,28,29,34). The van der Waals surface area contributed by atoms with Gasteiger partial charge in [-0.1, -0.05) is 29.8 Å². The lowest BCUT2D eigenvalue weighted by molar-refractivity contribution is 0.0696. The summed E-state index contributed by atoms with van der Waals surface area (Å²) in [6, 6.07) is 14.3. The van der Waals surface area contributed by atoms with E-state index in [4.69, 9.17) is 9.84 Å². The molecule has 2 aromatic heterocycles. The predicted octanol–water partition coefficient (Wildman–Crippen LogP) is 3.72. The van der Waals surface area contributed by atoms with Crippen molar-refractivity contribution in [2.75, 3.05) is 5.32 Å². The highest BCUT2D eigenvalue weighted by Crippen LogP contribution is 2.28. The van der Waals surface area contributed by atoms with Crippen LogP contribution in [0.2, 0.25) is 0 Å². The molecule has 0 unspecified atom stereocenters. The van der Waals surface area contributed by atoms with Gasteiger partial charge in [-0.15, -0.1) is 0 Å². The number of aromatic carboxylic acids is 1. The second-order valence-corrected chi connectivity index (χ2v) is 8.24. The molecule has 0 saturated carbocycles. The minimum atomic E-state index is -1.10. The van der Waals surface area contributed by atoms with Gasteiger partial charge in [0.05, 0.1) is 18.3 Å². The average molecular weight is 488 g/mol. The van der Waals surface area contributed by atoms with Gasteiger partial charge < -0.3 is 15.2 Å². The predicted molar refractivity (Wildman–Crippen MR) is 134 cm³/mol. The Labute approximate surface area is 206 Å². The van der Waals surface area contributed by atoms with Crippen molar-refractivity contribution < 1.29 is 14.6 Å². The number of benzene rings is 2. The summed E-state index contributed by atoms with van der Waals surface area (Å²) in [5, 5.41) is 12.2. The number of aromatic nitrogens is 4. The molecule has 0 aliphatic rings. The molecule has 0 amide bonds. The monoisotopic (exact) mass is 487 g/mol. The molecule has 36 heavy (non-hydrogen) atoms. The number of carboxylic acid groups (broad SMARTS) is 1. The maximum atomic E-state index is 13.1. The number of rotatable bonds is 8. The molecular weight excluding hydrogens is 462 g/mol. The van der Waals surface area contributed by atoms with Crippen molar-refractivity contribution in [2.45, 2.75) is 33.9 Å². The van der Waals surface area contributed by atoms with Gasteiger partial charge in [0.15, 0.2) is 0 Å². The third-order valence-electron chi connectivity index (χ3n) is 5.55. The van der Waals surface area contributed by atoms with E-state index in [1.807, 2.05) is 38.1 Å². The van der Waals surface area contributed by atoms with E-state index >= 15 is 0 Å². The Morgan fingerprint density at radius 1 is 1.03 bits per heavy atom. The van der Waals surface area contributed by atoms with Crippen molar-refractivity contribution in [1.29, 1.82) is 0 Å². The van der Waals surface area contributed by atoms with E-state index in [1.54, 1.807) is 25.1 Å². The molecule has 0 aliphatic heterocycles. The van der Waals surface area contributed by atoms with Crippen LogP contribution >= 0.6 is 0 Å². The van der Waals surface area contributed by atoms with E-state index in [2.05, 4.69) is 15.3 Å². The molecule has 2 heterocycles. The van der Waals surface area contributed by atoms with Crippen LogP contribution in [-0.4, -0.2) is 30.2 Å². The SMILES string of the molecule is CCn1c(=O)nc(Nc2ccc(Oc3cncc(C(=O)O)c3)c(C)c2)n(Cc2ccc(C)cc2)c1=O. The summed E-state index contributed by atoms with van der Waals surface area (Å²) in [6.07, 6.45) is 2.67. The van der Waals surface area contributed by atoms with E-state index in [-0.39, 0.29) is 30.4 Å². The summed E-state index contributed by atoms with van der Waals surface area (Å²) in [4.78, 5) is 44.7. The highest BCUT2D eigenvalue weighted by atomic mass is 16.5. The second-order valence-electron chi connectivity index (χ2n) is 8.24. The molecule has 0 bridgehead atoms. The molecule has 184 valence electrons. The van der Waals surface area contributed by atoms with Gasteiger partial charge in [-0.05, 0) is 56.2 Å². The quantitative estimate of drug-likeness (QED) is 0.385. The van der Waals surface area contributed by atoms with Gasteiger partial charge in [-0.3, -0.25) is 9.55 Å². The number of anilines is 2. The smallest absolute Gasteiger partial charge is 0.354 e. The molecule has 10 nitrogen and oxygen atoms in total. The van der Waals surface area contributed by atoms with Crippen LogP contribution in [0, 0.1) is 13.8 Å². The molecule has 0 aliphatic carbocycles. The number of nitrogens with zero attached hydrogens (tertiary/aromatic N) is 4. The summed E-state index contributed by atoms with van der Waals surface area (Å²) in [7, 11) is 0. The largest absolute Gasteiger partial charge is 0.478 e. The minimum absolute atomic E-state index is 0.0166. The van der Waals surface area contributed by atoms with Crippen molar-refractivity contribution in [2.24, 2.45) is 0 Å². The summed E-state index contributed by atoms with van der Waals surface area (Å²) >= 11 is 0. The van der Waals surface area contributed by atoms with E-state index in [1.165, 1.54) is 23.0 Å². The number of nitrogens with one attached hydrogen (secondary N) is 1. The maximum Gasteiger partial charge on any atom is 0.354 e. The third kappa shape index (κ3) is 5.33. The molecule has 2 N–H and O–H groups in total. The van der Waals surface area contributed by atoms with Crippen molar-refractivity contribution in [1.82, 2.24) is 19.1 Å². The maximum absolute atomic E-state index is 13.1. The van der Waals surface area contributed by atoms with E-state index < -0.39 is 17.3 Å². The number of aryl methyl sites for hydroxylation is 2. The molecule has 0 radical (unpaired) electrons. The summed E-state index contributed by atoms with van der Waals surface area (Å²) in [5.74, 6) is -0.188. The number of pyridine rings is 1. The van der Waals surface area contributed by atoms with Gasteiger partial charge in [0.25, 0.3) is 0 Å². The van der Waals surface area contributed by atoms with Crippen LogP contribution in [0.15, 0.2) is 70.5 Å². The molecular formula is C26H25N5O5. The first-order chi connectivity index (χ1) is 17.2. The molecule has 0 spiro atoms. The van der Waals surface area contributed by atoms with Crippen LogP contribution in [0.1, 0.15) is 34.0 Å². The van der Waals surface area contributed by atoms with Crippen LogP contribution in [-0.2, 0) is 13.1 Å². The fraction of sp³-hybridized carbons (Fsp3) is 0.192. The zero-order chi connectivity index (χ0) is 25.8. The average Bonchev–Trinajstić information content (AvgIpc) is 2.85. The number of carboxylic acids is 1. The Kier molecular flexibility index (Phi) is 6.95. The minimum Gasteiger partial charge on any atom is -0.478 e. The van der Waals surface area contributed by atoms with Crippen LogP contribution in [0.5, 0.6) is 11.5 Å². The van der Waals surface area contributed by atoms with Crippen molar-refractivity contribution in [3.8, 4) is 11.5 Å². The zero-order valence-corrected chi connectivity index (χ0v) is 20.1. The van der Waals surface area contributed by atoms with Gasteiger partial charge in [-0.25, -0.2) is 19.0 Å². The van der Waals surface area contributed by atoms with Gasteiger partial charge in [-0.2, -0.15) is 4.98 Å². The zero-order valence-electron chi connectivity index (χ0n) is 20.1. The number of carbonyl (C=O) groups is 1. The molecule has 0 fully saturated rings. The highest BCUT2D eigenvalue weighted by Gasteiger charge is 2.14. The molecule has 10 heteroatoms. The Balaban J connectivity index is 1.64. The summed E-state index contributed by atoms with van der Waals surface area (Å²) in [6.45, 7) is 5.97. The Morgan fingerprint density at radius 2 is 1.78 bits per heavy atom. The highest BCUT2D eigenvalue weighted by molar-refractivity contribution is 5.87. The lowest BCUT2D eigenvalue weighted by Crippen LogP contribution is -2.42. The first kappa shape index (κ1) is 24.4. The van der Waals surface area contributed by atoms with Gasteiger partial charge >= 0.3 is 17.3 Å². The Morgan fingerprint density at radius 3 is 2.44 bits per heavy atom. The first-order valence-corrected chi connectivity index (χ1v) is 11.3. The van der Waals surface area contributed by atoms with Crippen LogP contribution < -0.4 is 21.4 Å². The fourth-order valence-corrected chi connectivity index (χ4v) is 3.60. The van der Waals surface area contributed by atoms with Crippen molar-refractivity contribution >= 4 is 17.6 Å². The van der Waals surface area contributed by atoms with E-state index in [0.717, 1.165) is 21.3 Å². The van der Waals surface area contributed by atoms with Crippen LogP contribution in [0.4, 0.5) is 11.6 Å². The number of hydrogen-bond donors (Lipinski definition) is 2. The summed E-state index contributed by atoms with van der Waals surface area (Å²) in [5.41, 5.74) is 2.25. The van der Waals surface area contributed by atoms with Gasteiger partial charge in [0.2, 0.25) is 5.95 Å². The molecule has 0 saturated heterocycles. The molecule has 2 aromatic carbocycles. The normalized spacial score (nSPS) is 10.8.